The summed E-state index contributed by atoms with van der Waals surface area (Å²) >= 11 is 0. The summed E-state index contributed by atoms with van der Waals surface area (Å²) in [5.74, 6) is 0.662. The van der Waals surface area contributed by atoms with Gasteiger partial charge in [0.2, 0.25) is 0 Å². The summed E-state index contributed by atoms with van der Waals surface area (Å²) in [6, 6.07) is 0.442. The number of ether oxygens (including phenoxy) is 1. The Bertz CT molecular complexity index is 143. The highest BCUT2D eigenvalue weighted by molar-refractivity contribution is 4.90. The maximum absolute atomic E-state index is 5.64. The Labute approximate surface area is 89.4 Å². The van der Waals surface area contributed by atoms with Crippen LogP contribution in [0.4, 0.5) is 0 Å². The average Bonchev–Trinajstić information content (AvgIpc) is 2.19. The fourth-order valence-electron chi connectivity index (χ4n) is 2.30. The van der Waals surface area contributed by atoms with E-state index in [-0.39, 0.29) is 5.60 Å². The number of rotatable bonds is 7. The predicted molar refractivity (Wildman–Crippen MR) is 62.6 cm³/mol. The number of nitrogens with one attached hydrogen (secondary N) is 1. The van der Waals surface area contributed by atoms with Gasteiger partial charge in [-0.1, -0.05) is 27.2 Å². The molecule has 0 aliphatic carbocycles. The maximum Gasteiger partial charge on any atom is 0.0802 e. The first-order valence-electron chi connectivity index (χ1n) is 5.78. The number of likely N-dealkylation sites (N-methyl/N-ethyl adjacent to an activating group) is 1. The third-order valence-electron chi connectivity index (χ3n) is 3.45. The fraction of sp³-hybridized carbons (Fsp3) is 1.00. The van der Waals surface area contributed by atoms with Gasteiger partial charge in [0.1, 0.15) is 0 Å². The Morgan fingerprint density at radius 2 is 1.93 bits per heavy atom. The molecule has 0 heterocycles. The molecule has 3 unspecified atom stereocenters. The van der Waals surface area contributed by atoms with Crippen molar-refractivity contribution in [1.29, 1.82) is 0 Å². The SMILES string of the molecule is CCCC(C)C(NC)C(C)(CC)OC. The molecule has 2 heteroatoms. The van der Waals surface area contributed by atoms with E-state index >= 15 is 0 Å². The summed E-state index contributed by atoms with van der Waals surface area (Å²) in [5.41, 5.74) is -0.0384. The molecular formula is C12H27NO. The molecule has 3 atom stereocenters. The van der Waals surface area contributed by atoms with Gasteiger partial charge in [0.05, 0.1) is 5.60 Å². The highest BCUT2D eigenvalue weighted by atomic mass is 16.5. The molecule has 0 aromatic rings. The molecular weight excluding hydrogens is 174 g/mol. The zero-order valence-corrected chi connectivity index (χ0v) is 10.7. The van der Waals surface area contributed by atoms with Crippen molar-refractivity contribution in [2.75, 3.05) is 14.2 Å². The van der Waals surface area contributed by atoms with Gasteiger partial charge in [0.25, 0.3) is 0 Å². The van der Waals surface area contributed by atoms with E-state index in [0.717, 1.165) is 6.42 Å². The second-order valence-electron chi connectivity index (χ2n) is 4.40. The molecule has 0 aliphatic rings. The van der Waals surface area contributed by atoms with Gasteiger partial charge in [0.15, 0.2) is 0 Å². The first-order valence-corrected chi connectivity index (χ1v) is 5.78. The Kier molecular flexibility index (Phi) is 6.38. The molecule has 14 heavy (non-hydrogen) atoms. The molecule has 0 aliphatic heterocycles. The molecule has 86 valence electrons. The quantitative estimate of drug-likeness (QED) is 0.684. The molecule has 0 spiro atoms. The minimum Gasteiger partial charge on any atom is -0.377 e. The second-order valence-corrected chi connectivity index (χ2v) is 4.40. The van der Waals surface area contributed by atoms with Crippen LogP contribution in [0.1, 0.15) is 47.0 Å². The molecule has 0 aromatic heterocycles. The molecule has 0 saturated heterocycles. The third kappa shape index (κ3) is 3.25. The smallest absolute Gasteiger partial charge is 0.0802 e. The van der Waals surface area contributed by atoms with Crippen LogP contribution in [0.5, 0.6) is 0 Å². The van der Waals surface area contributed by atoms with Gasteiger partial charge < -0.3 is 10.1 Å². The van der Waals surface area contributed by atoms with Crippen molar-refractivity contribution in [1.82, 2.24) is 5.32 Å². The van der Waals surface area contributed by atoms with E-state index in [1.807, 2.05) is 14.2 Å². The van der Waals surface area contributed by atoms with Crippen molar-refractivity contribution in [3.05, 3.63) is 0 Å². The molecule has 0 radical (unpaired) electrons. The minimum absolute atomic E-state index is 0.0384. The fourth-order valence-corrected chi connectivity index (χ4v) is 2.30. The predicted octanol–water partition coefficient (Wildman–Crippen LogP) is 2.83. The normalized spacial score (nSPS) is 20.1. The van der Waals surface area contributed by atoms with Gasteiger partial charge in [-0.2, -0.15) is 0 Å². The van der Waals surface area contributed by atoms with Crippen LogP contribution in [0.3, 0.4) is 0 Å². The lowest BCUT2D eigenvalue weighted by Crippen LogP contribution is -2.52. The van der Waals surface area contributed by atoms with E-state index in [4.69, 9.17) is 4.74 Å². The molecule has 0 amide bonds. The summed E-state index contributed by atoms with van der Waals surface area (Å²) < 4.78 is 5.64. The van der Waals surface area contributed by atoms with Gasteiger partial charge in [-0.25, -0.2) is 0 Å². The summed E-state index contributed by atoms with van der Waals surface area (Å²) in [4.78, 5) is 0. The van der Waals surface area contributed by atoms with Gasteiger partial charge in [0, 0.05) is 13.2 Å². The molecule has 0 rings (SSSR count). The monoisotopic (exact) mass is 201 g/mol. The minimum atomic E-state index is -0.0384. The molecule has 0 fully saturated rings. The van der Waals surface area contributed by atoms with Crippen LogP contribution in [-0.4, -0.2) is 25.8 Å². The van der Waals surface area contributed by atoms with Crippen molar-refractivity contribution >= 4 is 0 Å². The van der Waals surface area contributed by atoms with Crippen LogP contribution >= 0.6 is 0 Å². The summed E-state index contributed by atoms with van der Waals surface area (Å²) in [5, 5.41) is 3.40. The number of hydrogen-bond donors (Lipinski definition) is 1. The van der Waals surface area contributed by atoms with Crippen LogP contribution < -0.4 is 5.32 Å². The Morgan fingerprint density at radius 1 is 1.36 bits per heavy atom. The van der Waals surface area contributed by atoms with Crippen LogP contribution in [0, 0.1) is 5.92 Å². The van der Waals surface area contributed by atoms with E-state index in [0.29, 0.717) is 12.0 Å². The molecule has 0 bridgehead atoms. The van der Waals surface area contributed by atoms with E-state index in [1.165, 1.54) is 12.8 Å². The highest BCUT2D eigenvalue weighted by Crippen LogP contribution is 2.26. The Morgan fingerprint density at radius 3 is 2.21 bits per heavy atom. The van der Waals surface area contributed by atoms with Gasteiger partial charge >= 0.3 is 0 Å². The second kappa shape index (κ2) is 6.41. The van der Waals surface area contributed by atoms with Crippen LogP contribution in [0.25, 0.3) is 0 Å². The standard InChI is InChI=1S/C12H27NO/c1-7-9-10(3)11(13-5)12(4,8-2)14-6/h10-11,13H,7-9H2,1-6H3. The Hall–Kier alpha value is -0.0800. The lowest BCUT2D eigenvalue weighted by Gasteiger charge is -2.39. The van der Waals surface area contributed by atoms with E-state index < -0.39 is 0 Å². The maximum atomic E-state index is 5.64. The zero-order valence-electron chi connectivity index (χ0n) is 10.7. The third-order valence-corrected chi connectivity index (χ3v) is 3.45. The lowest BCUT2D eigenvalue weighted by atomic mass is 9.82. The molecule has 2 nitrogen and oxygen atoms in total. The first-order chi connectivity index (χ1) is 6.55. The largest absolute Gasteiger partial charge is 0.377 e. The number of hydrogen-bond acceptors (Lipinski definition) is 2. The summed E-state index contributed by atoms with van der Waals surface area (Å²) in [6.07, 6.45) is 3.54. The summed E-state index contributed by atoms with van der Waals surface area (Å²) in [7, 11) is 3.84. The van der Waals surface area contributed by atoms with Gasteiger partial charge in [-0.05, 0) is 32.7 Å². The van der Waals surface area contributed by atoms with Crippen molar-refractivity contribution in [2.24, 2.45) is 5.92 Å². The van der Waals surface area contributed by atoms with Crippen molar-refractivity contribution in [3.63, 3.8) is 0 Å². The van der Waals surface area contributed by atoms with Crippen molar-refractivity contribution in [3.8, 4) is 0 Å². The van der Waals surface area contributed by atoms with E-state index in [2.05, 4.69) is 33.0 Å². The average molecular weight is 201 g/mol. The highest BCUT2D eigenvalue weighted by Gasteiger charge is 2.34. The first kappa shape index (κ1) is 13.9. The molecule has 1 N–H and O–H groups in total. The Balaban J connectivity index is 4.50. The molecule has 0 saturated carbocycles. The number of methoxy groups -OCH3 is 1. The van der Waals surface area contributed by atoms with Crippen molar-refractivity contribution < 1.29 is 4.74 Å². The topological polar surface area (TPSA) is 21.3 Å². The van der Waals surface area contributed by atoms with Crippen molar-refractivity contribution in [2.45, 2.75) is 58.6 Å². The summed E-state index contributed by atoms with van der Waals surface area (Å²) in [6.45, 7) is 8.92. The van der Waals surface area contributed by atoms with E-state index in [1.54, 1.807) is 0 Å². The molecule has 0 aromatic carbocycles. The van der Waals surface area contributed by atoms with Crippen LogP contribution in [-0.2, 0) is 4.74 Å². The lowest BCUT2D eigenvalue weighted by molar-refractivity contribution is -0.0422. The van der Waals surface area contributed by atoms with Crippen LogP contribution in [0.15, 0.2) is 0 Å². The zero-order chi connectivity index (χ0) is 11.2. The van der Waals surface area contributed by atoms with Gasteiger partial charge in [-0.3, -0.25) is 0 Å². The van der Waals surface area contributed by atoms with Gasteiger partial charge in [-0.15, -0.1) is 0 Å². The van der Waals surface area contributed by atoms with E-state index in [9.17, 15) is 0 Å². The van der Waals surface area contributed by atoms with Crippen LogP contribution in [0.2, 0.25) is 0 Å².